The molecule has 1 atom stereocenters. The van der Waals surface area contributed by atoms with Gasteiger partial charge in [-0.05, 0) is 69.2 Å². The molecular formula is C26H31FN2O3. The fourth-order valence-corrected chi connectivity index (χ4v) is 4.24. The molecule has 6 heteroatoms. The highest BCUT2D eigenvalue weighted by atomic mass is 19.1. The molecule has 3 rings (SSSR count). The Morgan fingerprint density at radius 2 is 1.72 bits per heavy atom. The maximum Gasteiger partial charge on any atom is 0.295 e. The number of aliphatic hydroxyl groups is 1. The van der Waals surface area contributed by atoms with Crippen molar-refractivity contribution in [2.45, 2.75) is 40.2 Å². The molecule has 0 aromatic heterocycles. The Hall–Kier alpha value is -2.99. The van der Waals surface area contributed by atoms with Crippen molar-refractivity contribution in [3.63, 3.8) is 0 Å². The van der Waals surface area contributed by atoms with Gasteiger partial charge in [0, 0.05) is 12.1 Å². The third kappa shape index (κ3) is 4.75. The topological polar surface area (TPSA) is 60.9 Å². The molecule has 0 radical (unpaired) electrons. The number of nitrogens with zero attached hydrogens (tertiary/aromatic N) is 2. The molecule has 1 N–H and O–H groups in total. The van der Waals surface area contributed by atoms with Crippen molar-refractivity contribution in [3.8, 4) is 0 Å². The molecule has 0 bridgehead atoms. The lowest BCUT2D eigenvalue weighted by Crippen LogP contribution is -2.33. The van der Waals surface area contributed by atoms with Crippen molar-refractivity contribution in [1.29, 1.82) is 0 Å². The monoisotopic (exact) mass is 438 g/mol. The van der Waals surface area contributed by atoms with Crippen LogP contribution in [-0.4, -0.2) is 52.8 Å². The summed E-state index contributed by atoms with van der Waals surface area (Å²) in [4.78, 5) is 29.9. The average molecular weight is 439 g/mol. The van der Waals surface area contributed by atoms with Crippen molar-refractivity contribution in [1.82, 2.24) is 9.80 Å². The summed E-state index contributed by atoms with van der Waals surface area (Å²) >= 11 is 0. The van der Waals surface area contributed by atoms with E-state index in [0.29, 0.717) is 24.1 Å². The van der Waals surface area contributed by atoms with Gasteiger partial charge in [-0.3, -0.25) is 9.59 Å². The summed E-state index contributed by atoms with van der Waals surface area (Å²) < 4.78 is 13.6. The number of rotatable bonds is 8. The van der Waals surface area contributed by atoms with Gasteiger partial charge in [0.05, 0.1) is 11.6 Å². The van der Waals surface area contributed by atoms with Crippen LogP contribution in [0.1, 0.15) is 48.6 Å². The van der Waals surface area contributed by atoms with Gasteiger partial charge in [0.2, 0.25) is 0 Å². The zero-order valence-corrected chi connectivity index (χ0v) is 19.2. The average Bonchev–Trinajstić information content (AvgIpc) is 3.03. The lowest BCUT2D eigenvalue weighted by Gasteiger charge is -2.27. The van der Waals surface area contributed by atoms with Gasteiger partial charge in [-0.25, -0.2) is 4.39 Å². The van der Waals surface area contributed by atoms with Crippen LogP contribution >= 0.6 is 0 Å². The third-order valence-electron chi connectivity index (χ3n) is 6.14. The minimum absolute atomic E-state index is 0.0538. The van der Waals surface area contributed by atoms with Crippen molar-refractivity contribution < 1.29 is 19.1 Å². The highest BCUT2D eigenvalue weighted by Crippen LogP contribution is 2.40. The number of carbonyl (C=O) groups excluding carboxylic acids is 2. The Bertz CT molecular complexity index is 1030. The van der Waals surface area contributed by atoms with Gasteiger partial charge in [0.25, 0.3) is 11.7 Å². The van der Waals surface area contributed by atoms with E-state index in [0.717, 1.165) is 30.8 Å². The fourth-order valence-electron chi connectivity index (χ4n) is 4.24. The summed E-state index contributed by atoms with van der Waals surface area (Å²) in [5, 5.41) is 11.2. The largest absolute Gasteiger partial charge is 0.507 e. The molecule has 0 aliphatic carbocycles. The van der Waals surface area contributed by atoms with Gasteiger partial charge in [-0.15, -0.1) is 0 Å². The first kappa shape index (κ1) is 23.7. The number of ketones is 1. The molecule has 1 amide bonds. The van der Waals surface area contributed by atoms with Crippen molar-refractivity contribution in [2.75, 3.05) is 26.2 Å². The zero-order chi connectivity index (χ0) is 23.4. The molecule has 0 spiro atoms. The van der Waals surface area contributed by atoms with Crippen LogP contribution in [0.3, 0.4) is 0 Å². The highest BCUT2D eigenvalue weighted by Gasteiger charge is 2.45. The second kappa shape index (κ2) is 10.1. The van der Waals surface area contributed by atoms with Gasteiger partial charge in [-0.1, -0.05) is 43.7 Å². The Morgan fingerprint density at radius 3 is 2.34 bits per heavy atom. The molecule has 170 valence electrons. The van der Waals surface area contributed by atoms with E-state index in [9.17, 15) is 19.1 Å². The molecule has 2 aromatic rings. The number of likely N-dealkylation sites (tertiary alicyclic amines) is 1. The van der Waals surface area contributed by atoms with Gasteiger partial charge in [0.15, 0.2) is 0 Å². The second-order valence-electron chi connectivity index (χ2n) is 8.24. The van der Waals surface area contributed by atoms with Gasteiger partial charge in [0.1, 0.15) is 11.6 Å². The molecule has 1 aliphatic rings. The predicted octanol–water partition coefficient (Wildman–Crippen LogP) is 4.60. The molecule has 5 nitrogen and oxygen atoms in total. The maximum atomic E-state index is 13.6. The number of aliphatic hydroxyl groups excluding tert-OH is 1. The van der Waals surface area contributed by atoms with Crippen LogP contribution in [0.15, 0.2) is 48.0 Å². The fraction of sp³-hybridized carbons (Fsp3) is 0.385. The van der Waals surface area contributed by atoms with E-state index in [-0.39, 0.29) is 11.3 Å². The zero-order valence-electron chi connectivity index (χ0n) is 19.2. The lowest BCUT2D eigenvalue weighted by atomic mass is 9.93. The summed E-state index contributed by atoms with van der Waals surface area (Å²) in [5.74, 6) is -1.93. The summed E-state index contributed by atoms with van der Waals surface area (Å²) in [6, 6.07) is 10.6. The van der Waals surface area contributed by atoms with Crippen LogP contribution in [0.25, 0.3) is 5.76 Å². The van der Waals surface area contributed by atoms with Crippen molar-refractivity contribution in [3.05, 3.63) is 76.1 Å². The van der Waals surface area contributed by atoms with E-state index in [1.165, 1.54) is 17.0 Å². The van der Waals surface area contributed by atoms with E-state index >= 15 is 0 Å². The normalized spacial score (nSPS) is 18.1. The molecule has 1 saturated heterocycles. The van der Waals surface area contributed by atoms with E-state index in [1.807, 2.05) is 26.0 Å². The second-order valence-corrected chi connectivity index (χ2v) is 8.24. The third-order valence-corrected chi connectivity index (χ3v) is 6.14. The first-order chi connectivity index (χ1) is 15.3. The molecule has 1 fully saturated rings. The van der Waals surface area contributed by atoms with Gasteiger partial charge < -0.3 is 14.9 Å². The number of carbonyl (C=O) groups is 2. The molecule has 0 saturated carbocycles. The van der Waals surface area contributed by atoms with Crippen molar-refractivity contribution in [2.24, 2.45) is 0 Å². The van der Waals surface area contributed by atoms with Crippen LogP contribution in [0.2, 0.25) is 0 Å². The van der Waals surface area contributed by atoms with Crippen molar-refractivity contribution >= 4 is 17.4 Å². The summed E-state index contributed by atoms with van der Waals surface area (Å²) in [7, 11) is 0. The molecular weight excluding hydrogens is 407 g/mol. The minimum Gasteiger partial charge on any atom is -0.507 e. The summed E-state index contributed by atoms with van der Waals surface area (Å²) in [6.07, 6.45) is 0.690. The van der Waals surface area contributed by atoms with Crippen LogP contribution in [0.5, 0.6) is 0 Å². The summed E-state index contributed by atoms with van der Waals surface area (Å²) in [5.41, 5.74) is 2.92. The number of hydrogen-bond donors (Lipinski definition) is 1. The van der Waals surface area contributed by atoms with Gasteiger partial charge in [-0.2, -0.15) is 0 Å². The number of Topliss-reactive ketones (excluding diaryl/α,β-unsaturated/α-hetero) is 1. The van der Waals surface area contributed by atoms with E-state index < -0.39 is 23.5 Å². The minimum atomic E-state index is -0.757. The standard InChI is InChI=1S/C26H31FN2O3/c1-5-28(6-2)14-7-15-29-23(19-10-12-20(27)13-11-19)22(25(31)26(29)32)24(30)21-16-17(3)8-9-18(21)4/h8-13,16,23,30H,5-7,14-15H2,1-4H3. The number of amides is 1. The number of hydrogen-bond acceptors (Lipinski definition) is 4. The predicted molar refractivity (Wildman–Crippen MR) is 124 cm³/mol. The first-order valence-corrected chi connectivity index (χ1v) is 11.1. The Kier molecular flexibility index (Phi) is 7.46. The summed E-state index contributed by atoms with van der Waals surface area (Å²) in [6.45, 7) is 10.9. The Labute approximate surface area is 189 Å². The van der Waals surface area contributed by atoms with Gasteiger partial charge >= 0.3 is 0 Å². The van der Waals surface area contributed by atoms with Crippen LogP contribution in [0, 0.1) is 19.7 Å². The molecule has 1 aliphatic heterocycles. The van der Waals surface area contributed by atoms with Crippen LogP contribution < -0.4 is 0 Å². The maximum absolute atomic E-state index is 13.6. The van der Waals surface area contributed by atoms with Crippen LogP contribution in [0.4, 0.5) is 4.39 Å². The number of aryl methyl sites for hydroxylation is 2. The molecule has 1 unspecified atom stereocenters. The van der Waals surface area contributed by atoms with E-state index in [1.54, 1.807) is 18.2 Å². The smallest absolute Gasteiger partial charge is 0.295 e. The molecule has 2 aromatic carbocycles. The molecule has 1 heterocycles. The number of benzene rings is 2. The Balaban J connectivity index is 2.06. The van der Waals surface area contributed by atoms with E-state index in [2.05, 4.69) is 18.7 Å². The lowest BCUT2D eigenvalue weighted by molar-refractivity contribution is -0.140. The van der Waals surface area contributed by atoms with E-state index in [4.69, 9.17) is 0 Å². The Morgan fingerprint density at radius 1 is 1.06 bits per heavy atom. The molecule has 32 heavy (non-hydrogen) atoms. The SMILES string of the molecule is CCN(CC)CCCN1C(=O)C(=O)C(=C(O)c2cc(C)ccc2C)C1c1ccc(F)cc1. The van der Waals surface area contributed by atoms with Crippen LogP contribution in [-0.2, 0) is 9.59 Å². The highest BCUT2D eigenvalue weighted by molar-refractivity contribution is 6.46. The number of halogens is 1. The first-order valence-electron chi connectivity index (χ1n) is 11.1. The quantitative estimate of drug-likeness (QED) is 0.372.